The standard InChI is InChI=1S/C16H13BrFN3S/c1-21-15(12-7-3-5-9-14(12)18)19-20-16(21)22-10-11-6-2-4-8-13(11)17/h2-9H,10H2,1H3. The minimum Gasteiger partial charge on any atom is -0.305 e. The summed E-state index contributed by atoms with van der Waals surface area (Å²) >= 11 is 5.11. The van der Waals surface area contributed by atoms with Gasteiger partial charge in [0, 0.05) is 17.3 Å². The summed E-state index contributed by atoms with van der Waals surface area (Å²) in [6.07, 6.45) is 0. The predicted molar refractivity (Wildman–Crippen MR) is 90.1 cm³/mol. The number of thioether (sulfide) groups is 1. The maximum Gasteiger partial charge on any atom is 0.191 e. The minimum absolute atomic E-state index is 0.291. The van der Waals surface area contributed by atoms with Gasteiger partial charge in [-0.15, -0.1) is 10.2 Å². The van der Waals surface area contributed by atoms with E-state index in [9.17, 15) is 4.39 Å². The highest BCUT2D eigenvalue weighted by molar-refractivity contribution is 9.10. The molecule has 22 heavy (non-hydrogen) atoms. The van der Waals surface area contributed by atoms with Crippen LogP contribution in [0.2, 0.25) is 0 Å². The normalized spacial score (nSPS) is 10.9. The van der Waals surface area contributed by atoms with Crippen LogP contribution in [0, 0.1) is 5.82 Å². The zero-order valence-corrected chi connectivity index (χ0v) is 14.2. The fraction of sp³-hybridized carbons (Fsp3) is 0.125. The van der Waals surface area contributed by atoms with E-state index >= 15 is 0 Å². The summed E-state index contributed by atoms with van der Waals surface area (Å²) in [6.45, 7) is 0. The summed E-state index contributed by atoms with van der Waals surface area (Å²) in [6, 6.07) is 14.7. The Labute approximate surface area is 140 Å². The third kappa shape index (κ3) is 3.08. The number of hydrogen-bond acceptors (Lipinski definition) is 3. The van der Waals surface area contributed by atoms with Crippen LogP contribution in [-0.4, -0.2) is 14.8 Å². The molecule has 0 unspecified atom stereocenters. The monoisotopic (exact) mass is 377 g/mol. The lowest BCUT2D eigenvalue weighted by atomic mass is 10.2. The second-order valence-corrected chi connectivity index (χ2v) is 6.52. The molecule has 0 spiro atoms. The first kappa shape index (κ1) is 15.2. The van der Waals surface area contributed by atoms with Crippen molar-refractivity contribution in [3.63, 3.8) is 0 Å². The second-order valence-electron chi connectivity index (χ2n) is 4.73. The van der Waals surface area contributed by atoms with Crippen LogP contribution in [0.5, 0.6) is 0 Å². The van der Waals surface area contributed by atoms with Crippen molar-refractivity contribution in [1.82, 2.24) is 14.8 Å². The van der Waals surface area contributed by atoms with Crippen molar-refractivity contribution in [3.8, 4) is 11.4 Å². The van der Waals surface area contributed by atoms with E-state index in [1.807, 2.05) is 29.8 Å². The Morgan fingerprint density at radius 1 is 1.09 bits per heavy atom. The maximum absolute atomic E-state index is 13.9. The summed E-state index contributed by atoms with van der Waals surface area (Å²) in [5.41, 5.74) is 1.65. The first-order chi connectivity index (χ1) is 10.7. The summed E-state index contributed by atoms with van der Waals surface area (Å²) in [7, 11) is 1.85. The third-order valence-corrected chi connectivity index (χ3v) is 5.11. The van der Waals surface area contributed by atoms with Crippen molar-refractivity contribution in [2.24, 2.45) is 7.05 Å². The van der Waals surface area contributed by atoms with Crippen LogP contribution in [0.15, 0.2) is 58.2 Å². The molecule has 2 aromatic carbocycles. The van der Waals surface area contributed by atoms with Crippen LogP contribution < -0.4 is 0 Å². The lowest BCUT2D eigenvalue weighted by Crippen LogP contribution is -1.96. The maximum atomic E-state index is 13.9. The van der Waals surface area contributed by atoms with E-state index in [-0.39, 0.29) is 5.82 Å². The van der Waals surface area contributed by atoms with Gasteiger partial charge in [0.05, 0.1) is 5.56 Å². The number of aromatic nitrogens is 3. The van der Waals surface area contributed by atoms with Gasteiger partial charge in [-0.3, -0.25) is 0 Å². The molecule has 0 N–H and O–H groups in total. The fourth-order valence-corrected chi connectivity index (χ4v) is 3.60. The Hall–Kier alpha value is -1.66. The van der Waals surface area contributed by atoms with Gasteiger partial charge in [0.15, 0.2) is 11.0 Å². The Morgan fingerprint density at radius 2 is 1.82 bits per heavy atom. The number of halogens is 2. The molecule has 0 aliphatic carbocycles. The Morgan fingerprint density at radius 3 is 2.59 bits per heavy atom. The van der Waals surface area contributed by atoms with Crippen LogP contribution in [0.25, 0.3) is 11.4 Å². The average molecular weight is 378 g/mol. The zero-order chi connectivity index (χ0) is 15.5. The summed E-state index contributed by atoms with van der Waals surface area (Å²) in [5.74, 6) is 1.01. The van der Waals surface area contributed by atoms with Crippen LogP contribution in [0.4, 0.5) is 4.39 Å². The van der Waals surface area contributed by atoms with Crippen molar-refractivity contribution in [2.45, 2.75) is 10.9 Å². The van der Waals surface area contributed by atoms with Crippen molar-refractivity contribution in [2.75, 3.05) is 0 Å². The molecule has 0 atom stereocenters. The van der Waals surface area contributed by atoms with Crippen molar-refractivity contribution >= 4 is 27.7 Å². The molecule has 0 amide bonds. The van der Waals surface area contributed by atoms with Gasteiger partial charge < -0.3 is 4.57 Å². The number of rotatable bonds is 4. The molecule has 6 heteroatoms. The molecule has 0 saturated heterocycles. The molecule has 1 aromatic heterocycles. The molecule has 3 rings (SSSR count). The Bertz CT molecular complexity index is 804. The smallest absolute Gasteiger partial charge is 0.191 e. The van der Waals surface area contributed by atoms with Crippen molar-refractivity contribution < 1.29 is 4.39 Å². The molecular weight excluding hydrogens is 365 g/mol. The van der Waals surface area contributed by atoms with Crippen LogP contribution in [0.1, 0.15) is 5.56 Å². The SMILES string of the molecule is Cn1c(SCc2ccccc2Br)nnc1-c1ccccc1F. The first-order valence-corrected chi connectivity index (χ1v) is 8.45. The average Bonchev–Trinajstić information content (AvgIpc) is 2.88. The largest absolute Gasteiger partial charge is 0.305 e. The molecule has 0 aliphatic heterocycles. The zero-order valence-electron chi connectivity index (χ0n) is 11.8. The summed E-state index contributed by atoms with van der Waals surface area (Å²) < 4.78 is 16.8. The van der Waals surface area contributed by atoms with Gasteiger partial charge in [0.1, 0.15) is 5.82 Å². The van der Waals surface area contributed by atoms with E-state index in [1.54, 1.807) is 30.0 Å². The number of nitrogens with zero attached hydrogens (tertiary/aromatic N) is 3. The lowest BCUT2D eigenvalue weighted by Gasteiger charge is -2.06. The van der Waals surface area contributed by atoms with Crippen molar-refractivity contribution in [1.29, 1.82) is 0 Å². The molecule has 3 nitrogen and oxygen atoms in total. The Balaban J connectivity index is 1.83. The van der Waals surface area contributed by atoms with Gasteiger partial charge in [-0.1, -0.05) is 58.0 Å². The van der Waals surface area contributed by atoms with Crippen molar-refractivity contribution in [3.05, 3.63) is 64.4 Å². The first-order valence-electron chi connectivity index (χ1n) is 6.67. The van der Waals surface area contributed by atoms with E-state index in [0.717, 1.165) is 15.4 Å². The molecule has 112 valence electrons. The summed E-state index contributed by atoms with van der Waals surface area (Å²) in [4.78, 5) is 0. The van der Waals surface area contributed by atoms with E-state index in [0.29, 0.717) is 11.4 Å². The molecule has 0 fully saturated rings. The quantitative estimate of drug-likeness (QED) is 0.618. The molecule has 3 aromatic rings. The van der Waals surface area contributed by atoms with E-state index in [1.165, 1.54) is 11.6 Å². The summed E-state index contributed by atoms with van der Waals surface area (Å²) in [5, 5.41) is 9.05. The predicted octanol–water partition coefficient (Wildman–Crippen LogP) is 4.68. The van der Waals surface area contributed by atoms with Gasteiger partial charge in [-0.05, 0) is 23.8 Å². The van der Waals surface area contributed by atoms with Gasteiger partial charge >= 0.3 is 0 Å². The van der Waals surface area contributed by atoms with E-state index < -0.39 is 0 Å². The highest BCUT2D eigenvalue weighted by Gasteiger charge is 2.14. The van der Waals surface area contributed by atoms with E-state index in [4.69, 9.17) is 0 Å². The molecule has 0 bridgehead atoms. The van der Waals surface area contributed by atoms with Crippen LogP contribution in [-0.2, 0) is 12.8 Å². The minimum atomic E-state index is -0.291. The fourth-order valence-electron chi connectivity index (χ4n) is 2.08. The van der Waals surface area contributed by atoms with Gasteiger partial charge in [0.2, 0.25) is 0 Å². The number of benzene rings is 2. The van der Waals surface area contributed by atoms with Crippen LogP contribution >= 0.6 is 27.7 Å². The highest BCUT2D eigenvalue weighted by Crippen LogP contribution is 2.28. The van der Waals surface area contributed by atoms with Gasteiger partial charge in [0.25, 0.3) is 0 Å². The molecule has 0 radical (unpaired) electrons. The molecule has 1 heterocycles. The van der Waals surface area contributed by atoms with E-state index in [2.05, 4.69) is 32.2 Å². The third-order valence-electron chi connectivity index (χ3n) is 3.26. The Kier molecular flexibility index (Phi) is 4.59. The molecule has 0 saturated carbocycles. The van der Waals surface area contributed by atoms with Crippen LogP contribution in [0.3, 0.4) is 0 Å². The van der Waals surface area contributed by atoms with Gasteiger partial charge in [-0.25, -0.2) is 4.39 Å². The highest BCUT2D eigenvalue weighted by atomic mass is 79.9. The second kappa shape index (κ2) is 6.62. The molecule has 0 aliphatic rings. The topological polar surface area (TPSA) is 30.7 Å². The number of hydrogen-bond donors (Lipinski definition) is 0. The lowest BCUT2D eigenvalue weighted by molar-refractivity contribution is 0.628. The van der Waals surface area contributed by atoms with Gasteiger partial charge in [-0.2, -0.15) is 0 Å². The molecular formula is C16H13BrFN3S.